The number of likely N-dealkylation sites (tertiary alicyclic amines) is 1. The number of rotatable bonds is 5. The number of amides is 2. The SMILES string of the molecule is COc1ccc(CNC(=O)c2cccc(C(=O)N3CCCCC3)c2)cc1. The molecule has 5 nitrogen and oxygen atoms in total. The summed E-state index contributed by atoms with van der Waals surface area (Å²) in [6.45, 7) is 2.02. The molecule has 1 saturated heterocycles. The fourth-order valence-corrected chi connectivity index (χ4v) is 3.10. The standard InChI is InChI=1S/C21H24N2O3/c1-26-19-10-8-16(9-11-19)15-22-20(24)17-6-5-7-18(14-17)21(25)23-12-3-2-4-13-23/h5-11,14H,2-4,12-13,15H2,1H3,(H,22,24). The lowest BCUT2D eigenvalue weighted by Crippen LogP contribution is -2.35. The van der Waals surface area contributed by atoms with Crippen LogP contribution in [0, 0.1) is 0 Å². The number of ether oxygens (including phenoxy) is 1. The van der Waals surface area contributed by atoms with Gasteiger partial charge in [0, 0.05) is 30.8 Å². The summed E-state index contributed by atoms with van der Waals surface area (Å²) in [7, 11) is 1.62. The first kappa shape index (κ1) is 18.0. The average molecular weight is 352 g/mol. The van der Waals surface area contributed by atoms with E-state index in [4.69, 9.17) is 4.74 Å². The van der Waals surface area contributed by atoms with Crippen LogP contribution in [0.15, 0.2) is 48.5 Å². The predicted molar refractivity (Wildman–Crippen MR) is 100 cm³/mol. The van der Waals surface area contributed by atoms with Crippen LogP contribution in [-0.2, 0) is 6.54 Å². The summed E-state index contributed by atoms with van der Waals surface area (Å²) in [5.74, 6) is 0.604. The average Bonchev–Trinajstić information content (AvgIpc) is 2.72. The lowest BCUT2D eigenvalue weighted by atomic mass is 10.1. The number of methoxy groups -OCH3 is 1. The molecule has 0 saturated carbocycles. The van der Waals surface area contributed by atoms with E-state index < -0.39 is 0 Å². The molecule has 1 fully saturated rings. The maximum Gasteiger partial charge on any atom is 0.253 e. The zero-order chi connectivity index (χ0) is 18.4. The van der Waals surface area contributed by atoms with Crippen LogP contribution in [0.2, 0.25) is 0 Å². The Kier molecular flexibility index (Phi) is 5.89. The Morgan fingerprint density at radius 2 is 1.69 bits per heavy atom. The first-order valence-electron chi connectivity index (χ1n) is 8.98. The molecule has 1 heterocycles. The first-order valence-corrected chi connectivity index (χ1v) is 8.98. The number of carbonyl (C=O) groups excluding carboxylic acids is 2. The molecule has 0 aliphatic carbocycles. The van der Waals surface area contributed by atoms with Crippen LogP contribution in [0.3, 0.4) is 0 Å². The predicted octanol–water partition coefficient (Wildman–Crippen LogP) is 3.25. The molecule has 1 aliphatic rings. The summed E-state index contributed by atoms with van der Waals surface area (Å²) in [6, 6.07) is 14.5. The van der Waals surface area contributed by atoms with Crippen LogP contribution < -0.4 is 10.1 Å². The molecular formula is C21H24N2O3. The van der Waals surface area contributed by atoms with Crippen molar-refractivity contribution >= 4 is 11.8 Å². The van der Waals surface area contributed by atoms with E-state index in [9.17, 15) is 9.59 Å². The number of hydrogen-bond acceptors (Lipinski definition) is 3. The highest BCUT2D eigenvalue weighted by atomic mass is 16.5. The summed E-state index contributed by atoms with van der Waals surface area (Å²) < 4.78 is 5.13. The highest BCUT2D eigenvalue weighted by molar-refractivity contribution is 5.99. The summed E-state index contributed by atoms with van der Waals surface area (Å²) in [4.78, 5) is 26.9. The lowest BCUT2D eigenvalue weighted by Gasteiger charge is -2.26. The molecule has 0 atom stereocenters. The topological polar surface area (TPSA) is 58.6 Å². The Morgan fingerprint density at radius 3 is 2.38 bits per heavy atom. The van der Waals surface area contributed by atoms with Crippen molar-refractivity contribution in [1.29, 1.82) is 0 Å². The van der Waals surface area contributed by atoms with Crippen molar-refractivity contribution in [3.05, 3.63) is 65.2 Å². The molecule has 1 aliphatic heterocycles. The second-order valence-electron chi connectivity index (χ2n) is 6.46. The van der Waals surface area contributed by atoms with Gasteiger partial charge in [-0.15, -0.1) is 0 Å². The molecule has 1 N–H and O–H groups in total. The zero-order valence-corrected chi connectivity index (χ0v) is 15.0. The van der Waals surface area contributed by atoms with E-state index in [1.165, 1.54) is 6.42 Å². The maximum absolute atomic E-state index is 12.6. The maximum atomic E-state index is 12.6. The number of nitrogens with one attached hydrogen (secondary N) is 1. The molecule has 0 bridgehead atoms. The van der Waals surface area contributed by atoms with Gasteiger partial charge in [-0.05, 0) is 55.2 Å². The van der Waals surface area contributed by atoms with Crippen molar-refractivity contribution in [2.24, 2.45) is 0 Å². The van der Waals surface area contributed by atoms with E-state index in [-0.39, 0.29) is 11.8 Å². The number of benzene rings is 2. The van der Waals surface area contributed by atoms with Crippen molar-refractivity contribution in [2.45, 2.75) is 25.8 Å². The number of hydrogen-bond donors (Lipinski definition) is 1. The van der Waals surface area contributed by atoms with Gasteiger partial charge >= 0.3 is 0 Å². The highest BCUT2D eigenvalue weighted by Crippen LogP contribution is 2.15. The Labute approximate surface area is 154 Å². The Morgan fingerprint density at radius 1 is 1.00 bits per heavy atom. The molecule has 2 aromatic rings. The van der Waals surface area contributed by atoms with Crippen LogP contribution >= 0.6 is 0 Å². The summed E-state index contributed by atoms with van der Waals surface area (Å²) in [6.07, 6.45) is 3.28. The molecular weight excluding hydrogens is 328 g/mol. The van der Waals surface area contributed by atoms with Crippen molar-refractivity contribution in [2.75, 3.05) is 20.2 Å². The minimum absolute atomic E-state index is 0.00880. The lowest BCUT2D eigenvalue weighted by molar-refractivity contribution is 0.0724. The van der Waals surface area contributed by atoms with Crippen molar-refractivity contribution in [3.8, 4) is 5.75 Å². The molecule has 136 valence electrons. The second kappa shape index (κ2) is 8.52. The monoisotopic (exact) mass is 352 g/mol. The number of nitrogens with zero attached hydrogens (tertiary/aromatic N) is 1. The zero-order valence-electron chi connectivity index (χ0n) is 15.0. The van der Waals surface area contributed by atoms with E-state index in [1.54, 1.807) is 31.4 Å². The van der Waals surface area contributed by atoms with Gasteiger partial charge in [0.15, 0.2) is 0 Å². The van der Waals surface area contributed by atoms with Crippen LogP contribution in [0.5, 0.6) is 5.75 Å². The van der Waals surface area contributed by atoms with E-state index in [0.29, 0.717) is 17.7 Å². The summed E-state index contributed by atoms with van der Waals surface area (Å²) >= 11 is 0. The van der Waals surface area contributed by atoms with Crippen molar-refractivity contribution in [1.82, 2.24) is 10.2 Å². The van der Waals surface area contributed by atoms with Crippen molar-refractivity contribution < 1.29 is 14.3 Å². The smallest absolute Gasteiger partial charge is 0.253 e. The van der Waals surface area contributed by atoms with Crippen LogP contribution in [0.4, 0.5) is 0 Å². The number of carbonyl (C=O) groups is 2. The van der Waals surface area contributed by atoms with Gasteiger partial charge in [-0.25, -0.2) is 0 Å². The van der Waals surface area contributed by atoms with Gasteiger partial charge in [0.2, 0.25) is 0 Å². The van der Waals surface area contributed by atoms with Gasteiger partial charge in [-0.2, -0.15) is 0 Å². The van der Waals surface area contributed by atoms with Crippen molar-refractivity contribution in [3.63, 3.8) is 0 Å². The Bertz CT molecular complexity index is 765. The van der Waals surface area contributed by atoms with Gasteiger partial charge < -0.3 is 15.0 Å². The Hall–Kier alpha value is -2.82. The molecule has 26 heavy (non-hydrogen) atoms. The van der Waals surface area contributed by atoms with Gasteiger partial charge in [0.1, 0.15) is 5.75 Å². The molecule has 0 aromatic heterocycles. The molecule has 0 spiro atoms. The first-order chi connectivity index (χ1) is 12.7. The Balaban J connectivity index is 1.62. The van der Waals surface area contributed by atoms with E-state index in [2.05, 4.69) is 5.32 Å². The molecule has 2 aromatic carbocycles. The molecule has 5 heteroatoms. The molecule has 0 unspecified atom stereocenters. The summed E-state index contributed by atoms with van der Waals surface area (Å²) in [5.41, 5.74) is 2.06. The van der Waals surface area contributed by atoms with E-state index in [0.717, 1.165) is 37.2 Å². The van der Waals surface area contributed by atoms with Crippen LogP contribution in [0.1, 0.15) is 45.5 Å². The minimum Gasteiger partial charge on any atom is -0.497 e. The third-order valence-corrected chi connectivity index (χ3v) is 4.63. The molecule has 2 amide bonds. The summed E-state index contributed by atoms with van der Waals surface area (Å²) in [5, 5.41) is 2.89. The van der Waals surface area contributed by atoms with Gasteiger partial charge in [0.25, 0.3) is 11.8 Å². The van der Waals surface area contributed by atoms with Gasteiger partial charge in [0.05, 0.1) is 7.11 Å². The molecule has 3 rings (SSSR count). The highest BCUT2D eigenvalue weighted by Gasteiger charge is 2.19. The second-order valence-corrected chi connectivity index (χ2v) is 6.46. The van der Waals surface area contributed by atoms with E-state index in [1.807, 2.05) is 29.2 Å². The third kappa shape index (κ3) is 4.42. The van der Waals surface area contributed by atoms with Gasteiger partial charge in [-0.3, -0.25) is 9.59 Å². The number of piperidine rings is 1. The van der Waals surface area contributed by atoms with E-state index >= 15 is 0 Å². The largest absolute Gasteiger partial charge is 0.497 e. The quantitative estimate of drug-likeness (QED) is 0.899. The van der Waals surface area contributed by atoms with Gasteiger partial charge in [-0.1, -0.05) is 18.2 Å². The van der Waals surface area contributed by atoms with Crippen LogP contribution in [0.25, 0.3) is 0 Å². The third-order valence-electron chi connectivity index (χ3n) is 4.63. The molecule has 0 radical (unpaired) electrons. The minimum atomic E-state index is -0.186. The fourth-order valence-electron chi connectivity index (χ4n) is 3.10. The van der Waals surface area contributed by atoms with Crippen LogP contribution in [-0.4, -0.2) is 36.9 Å². The fraction of sp³-hybridized carbons (Fsp3) is 0.333. The normalized spacial score (nSPS) is 14.0.